The number of ether oxygens (including phenoxy) is 1. The Hall–Kier alpha value is -2.92. The fourth-order valence-electron chi connectivity index (χ4n) is 3.06. The molecule has 0 aliphatic heterocycles. The summed E-state index contributed by atoms with van der Waals surface area (Å²) < 4.78 is 8.03. The Labute approximate surface area is 157 Å². The number of hydrogen-bond acceptors (Lipinski definition) is 3. The predicted octanol–water partition coefficient (Wildman–Crippen LogP) is 4.52. The summed E-state index contributed by atoms with van der Waals surface area (Å²) in [5.74, 6) is 0.0583. The summed E-state index contributed by atoms with van der Waals surface area (Å²) in [6.07, 6.45) is 0. The number of esters is 1. The number of fused-ring (bicyclic) bond motifs is 2. The van der Waals surface area contributed by atoms with Crippen molar-refractivity contribution in [3.8, 4) is 5.75 Å². The van der Waals surface area contributed by atoms with Gasteiger partial charge in [0.1, 0.15) is 12.3 Å². The van der Waals surface area contributed by atoms with E-state index in [1.807, 2.05) is 53.1 Å². The SMILES string of the molecule is O=C(Cn1c2ccccc2c(=O)c2ccccc21)Oc1ccccc1Br. The first-order chi connectivity index (χ1) is 12.6. The van der Waals surface area contributed by atoms with Gasteiger partial charge in [0, 0.05) is 10.8 Å². The Balaban J connectivity index is 1.82. The molecular formula is C21H14BrNO3. The Morgan fingerprint density at radius 2 is 1.38 bits per heavy atom. The summed E-state index contributed by atoms with van der Waals surface area (Å²) in [5, 5.41) is 1.17. The van der Waals surface area contributed by atoms with Gasteiger partial charge in [-0.15, -0.1) is 0 Å². The van der Waals surface area contributed by atoms with Crippen LogP contribution in [0.15, 0.2) is 82.1 Å². The van der Waals surface area contributed by atoms with E-state index >= 15 is 0 Å². The van der Waals surface area contributed by atoms with E-state index in [2.05, 4.69) is 15.9 Å². The number of pyridine rings is 1. The second-order valence-electron chi connectivity index (χ2n) is 5.85. The largest absolute Gasteiger partial charge is 0.424 e. The number of carbonyl (C=O) groups excluding carboxylic acids is 1. The molecule has 0 fully saturated rings. The number of rotatable bonds is 3. The lowest BCUT2D eigenvalue weighted by atomic mass is 10.1. The summed E-state index contributed by atoms with van der Waals surface area (Å²) >= 11 is 3.37. The third-order valence-electron chi connectivity index (χ3n) is 4.23. The van der Waals surface area contributed by atoms with Crippen molar-refractivity contribution < 1.29 is 9.53 Å². The van der Waals surface area contributed by atoms with Gasteiger partial charge in [0.25, 0.3) is 0 Å². The summed E-state index contributed by atoms with van der Waals surface area (Å²) in [6.45, 7) is 0.00262. The van der Waals surface area contributed by atoms with E-state index in [4.69, 9.17) is 4.74 Å². The number of para-hydroxylation sites is 3. The third-order valence-corrected chi connectivity index (χ3v) is 4.88. The van der Waals surface area contributed by atoms with E-state index in [0.717, 1.165) is 0 Å². The van der Waals surface area contributed by atoms with Crippen molar-refractivity contribution in [1.29, 1.82) is 0 Å². The molecule has 4 rings (SSSR count). The molecule has 0 saturated carbocycles. The summed E-state index contributed by atoms with van der Waals surface area (Å²) in [4.78, 5) is 25.3. The number of hydrogen-bond donors (Lipinski definition) is 0. The highest BCUT2D eigenvalue weighted by Gasteiger charge is 2.14. The first kappa shape index (κ1) is 16.5. The van der Waals surface area contributed by atoms with Gasteiger partial charge in [0.15, 0.2) is 5.43 Å². The Morgan fingerprint density at radius 3 is 2.00 bits per heavy atom. The molecule has 0 unspecified atom stereocenters. The fraction of sp³-hybridized carbons (Fsp3) is 0.0476. The van der Waals surface area contributed by atoms with Gasteiger partial charge in [0.2, 0.25) is 0 Å². The predicted molar refractivity (Wildman–Crippen MR) is 105 cm³/mol. The minimum atomic E-state index is -0.407. The normalized spacial score (nSPS) is 11.0. The molecule has 5 heteroatoms. The van der Waals surface area contributed by atoms with Crippen LogP contribution >= 0.6 is 15.9 Å². The minimum absolute atomic E-state index is 0.00262. The van der Waals surface area contributed by atoms with Crippen LogP contribution in [0.3, 0.4) is 0 Å². The maximum atomic E-state index is 12.7. The molecule has 26 heavy (non-hydrogen) atoms. The van der Waals surface area contributed by atoms with Crippen molar-refractivity contribution in [3.05, 3.63) is 87.5 Å². The smallest absolute Gasteiger partial charge is 0.331 e. The van der Waals surface area contributed by atoms with Gasteiger partial charge in [0.05, 0.1) is 15.5 Å². The maximum absolute atomic E-state index is 12.7. The first-order valence-electron chi connectivity index (χ1n) is 8.10. The molecule has 0 aliphatic carbocycles. The Kier molecular flexibility index (Phi) is 4.31. The van der Waals surface area contributed by atoms with Crippen molar-refractivity contribution in [2.45, 2.75) is 6.54 Å². The van der Waals surface area contributed by atoms with Gasteiger partial charge in [-0.2, -0.15) is 0 Å². The van der Waals surface area contributed by atoms with E-state index in [9.17, 15) is 9.59 Å². The lowest BCUT2D eigenvalue weighted by molar-refractivity contribution is -0.134. The van der Waals surface area contributed by atoms with E-state index in [1.54, 1.807) is 24.3 Å². The second-order valence-corrected chi connectivity index (χ2v) is 6.71. The summed E-state index contributed by atoms with van der Waals surface area (Å²) in [5.41, 5.74) is 1.38. The van der Waals surface area contributed by atoms with E-state index < -0.39 is 5.97 Å². The maximum Gasteiger partial charge on any atom is 0.331 e. The Morgan fingerprint density at radius 1 is 0.846 bits per heavy atom. The molecule has 0 N–H and O–H groups in total. The number of carbonyl (C=O) groups is 1. The van der Waals surface area contributed by atoms with Gasteiger partial charge < -0.3 is 9.30 Å². The van der Waals surface area contributed by atoms with E-state index in [1.165, 1.54) is 0 Å². The van der Waals surface area contributed by atoms with Crippen LogP contribution < -0.4 is 10.2 Å². The van der Waals surface area contributed by atoms with Crippen molar-refractivity contribution in [2.75, 3.05) is 0 Å². The van der Waals surface area contributed by atoms with Crippen LogP contribution in [-0.4, -0.2) is 10.5 Å². The number of nitrogens with zero attached hydrogens (tertiary/aromatic N) is 1. The number of halogens is 1. The van der Waals surface area contributed by atoms with Crippen molar-refractivity contribution in [2.24, 2.45) is 0 Å². The molecule has 0 bridgehead atoms. The zero-order chi connectivity index (χ0) is 18.1. The van der Waals surface area contributed by atoms with Gasteiger partial charge in [-0.1, -0.05) is 36.4 Å². The monoisotopic (exact) mass is 407 g/mol. The second kappa shape index (κ2) is 6.77. The van der Waals surface area contributed by atoms with Gasteiger partial charge in [-0.3, -0.25) is 4.79 Å². The molecule has 4 aromatic rings. The summed E-state index contributed by atoms with van der Waals surface area (Å²) in [7, 11) is 0. The van der Waals surface area contributed by atoms with Crippen LogP contribution in [0.4, 0.5) is 0 Å². The Bertz CT molecular complexity index is 1140. The first-order valence-corrected chi connectivity index (χ1v) is 8.90. The molecule has 0 spiro atoms. The lowest BCUT2D eigenvalue weighted by Crippen LogP contribution is -2.20. The molecule has 0 atom stereocenters. The van der Waals surface area contributed by atoms with Crippen molar-refractivity contribution in [3.63, 3.8) is 0 Å². The highest BCUT2D eigenvalue weighted by Crippen LogP contribution is 2.25. The average Bonchev–Trinajstić information content (AvgIpc) is 2.67. The molecule has 1 aromatic heterocycles. The molecule has 0 aliphatic rings. The lowest BCUT2D eigenvalue weighted by Gasteiger charge is -2.14. The van der Waals surface area contributed by atoms with Crippen LogP contribution in [0.5, 0.6) is 5.75 Å². The van der Waals surface area contributed by atoms with Crippen molar-refractivity contribution in [1.82, 2.24) is 4.57 Å². The van der Waals surface area contributed by atoms with Gasteiger partial charge in [-0.25, -0.2) is 4.79 Å². The highest BCUT2D eigenvalue weighted by molar-refractivity contribution is 9.10. The molecule has 0 radical (unpaired) electrons. The zero-order valence-corrected chi connectivity index (χ0v) is 15.3. The quantitative estimate of drug-likeness (QED) is 0.285. The molecule has 1 heterocycles. The zero-order valence-electron chi connectivity index (χ0n) is 13.7. The van der Waals surface area contributed by atoms with Crippen LogP contribution in [0.25, 0.3) is 21.8 Å². The fourth-order valence-corrected chi connectivity index (χ4v) is 3.42. The topological polar surface area (TPSA) is 48.3 Å². The molecular weight excluding hydrogens is 394 g/mol. The van der Waals surface area contributed by atoms with Gasteiger partial charge >= 0.3 is 5.97 Å². The van der Waals surface area contributed by atoms with E-state index in [-0.39, 0.29) is 12.0 Å². The van der Waals surface area contributed by atoms with Crippen LogP contribution in [-0.2, 0) is 11.3 Å². The van der Waals surface area contributed by atoms with E-state index in [0.29, 0.717) is 32.0 Å². The third kappa shape index (κ3) is 2.91. The average molecular weight is 408 g/mol. The number of benzene rings is 3. The summed E-state index contributed by atoms with van der Waals surface area (Å²) in [6, 6.07) is 21.8. The van der Waals surface area contributed by atoms with Crippen molar-refractivity contribution >= 4 is 43.7 Å². The molecule has 3 aromatic carbocycles. The highest BCUT2D eigenvalue weighted by atomic mass is 79.9. The van der Waals surface area contributed by atoms with Crippen LogP contribution in [0, 0.1) is 0 Å². The molecule has 4 nitrogen and oxygen atoms in total. The minimum Gasteiger partial charge on any atom is -0.424 e. The van der Waals surface area contributed by atoms with Crippen LogP contribution in [0.1, 0.15) is 0 Å². The van der Waals surface area contributed by atoms with Crippen LogP contribution in [0.2, 0.25) is 0 Å². The van der Waals surface area contributed by atoms with Gasteiger partial charge in [-0.05, 0) is 52.3 Å². The molecule has 128 valence electrons. The molecule has 0 amide bonds. The molecule has 0 saturated heterocycles. The standard InChI is InChI=1S/C21H14BrNO3/c22-16-9-3-6-12-19(16)26-20(24)13-23-17-10-4-1-7-14(17)21(25)15-8-2-5-11-18(15)23/h1-12H,13H2. The number of aromatic nitrogens is 1.